The number of hydrogen-bond acceptors (Lipinski definition) is 14. The molecule has 8 aromatic rings. The Bertz CT molecular complexity index is 3220. The molecule has 0 unspecified atom stereocenters. The summed E-state index contributed by atoms with van der Waals surface area (Å²) >= 11 is 0. The molecule has 2 aliphatic carbocycles. The van der Waals surface area contributed by atoms with Gasteiger partial charge in [0, 0.05) is 58.4 Å². The number of benzene rings is 8. The Morgan fingerprint density at radius 2 is 0.614 bits per heavy atom. The van der Waals surface area contributed by atoms with E-state index in [1.165, 1.54) is 109 Å². The summed E-state index contributed by atoms with van der Waals surface area (Å²) in [4.78, 5) is 0. The lowest BCUT2D eigenvalue weighted by Crippen LogP contribution is -2.57. The zero-order valence-corrected chi connectivity index (χ0v) is 36.5. The number of phenolic OH excluding ortho intramolecular Hbond substituents is 10. The van der Waals surface area contributed by atoms with Crippen molar-refractivity contribution in [3.05, 3.63) is 212 Å². The zero-order chi connectivity index (χ0) is 48.7. The summed E-state index contributed by atoms with van der Waals surface area (Å²) < 4.78 is 13.5. The molecule has 2 heterocycles. The van der Waals surface area contributed by atoms with Crippen LogP contribution >= 0.6 is 0 Å². The fourth-order valence-electron chi connectivity index (χ4n) is 12.1. The summed E-state index contributed by atoms with van der Waals surface area (Å²) in [5, 5.41) is 145. The summed E-state index contributed by atoms with van der Waals surface area (Å²) in [6.07, 6.45) is -2.06. The molecule has 0 bridgehead atoms. The predicted octanol–water partition coefficient (Wildman–Crippen LogP) is 8.64. The SMILES string of the molecule is Oc1ccc([C@@H]2c3c(O)cc(O)cc3[C@H]3c4c(cc(O)cc4[C@@]2(O)[C@]2(O)c4cc(O)cc5c4[C@H](c4cc(O)cc(O)c4[C@H]2c2ccc(O)cc2)[C@@H](c2ccc(O)cc2)O5)O[C@@H]3c2ccc(O)cc2)cc1. The third-order valence-corrected chi connectivity index (χ3v) is 14.7. The van der Waals surface area contributed by atoms with Gasteiger partial charge in [0.05, 0.1) is 11.8 Å². The van der Waals surface area contributed by atoms with Crippen molar-refractivity contribution in [3.63, 3.8) is 0 Å². The van der Waals surface area contributed by atoms with Gasteiger partial charge in [-0.15, -0.1) is 0 Å². The van der Waals surface area contributed by atoms with Gasteiger partial charge < -0.3 is 70.8 Å². The summed E-state index contributed by atoms with van der Waals surface area (Å²) in [6.45, 7) is 0. The minimum atomic E-state index is -2.98. The number of aliphatic hydroxyl groups is 2. The van der Waals surface area contributed by atoms with Crippen LogP contribution in [-0.2, 0) is 11.2 Å². The van der Waals surface area contributed by atoms with Gasteiger partial charge in [0.1, 0.15) is 92.4 Å². The minimum Gasteiger partial charge on any atom is -0.508 e. The molecule has 4 aliphatic rings. The number of fused-ring (bicyclic) bond motifs is 4. The highest BCUT2D eigenvalue weighted by Crippen LogP contribution is 2.71. The Labute approximate surface area is 397 Å². The highest BCUT2D eigenvalue weighted by molar-refractivity contribution is 5.72. The Hall–Kier alpha value is -8.72. The van der Waals surface area contributed by atoms with Gasteiger partial charge in [-0.05, 0) is 117 Å². The van der Waals surface area contributed by atoms with Crippen LogP contribution in [0.3, 0.4) is 0 Å². The molecule has 14 heteroatoms. The smallest absolute Gasteiger partial charge is 0.135 e. The first-order chi connectivity index (χ1) is 33.5. The van der Waals surface area contributed by atoms with Gasteiger partial charge in [-0.25, -0.2) is 0 Å². The fraction of sp³-hybridized carbons (Fsp3) is 0.143. The van der Waals surface area contributed by atoms with Crippen LogP contribution in [0.1, 0.15) is 103 Å². The molecule has 14 nitrogen and oxygen atoms in total. The maximum atomic E-state index is 15.3. The van der Waals surface area contributed by atoms with Gasteiger partial charge in [0.15, 0.2) is 0 Å². The van der Waals surface area contributed by atoms with Crippen molar-refractivity contribution in [1.29, 1.82) is 0 Å². The monoisotopic (exact) mass is 938 g/mol. The third-order valence-electron chi connectivity index (χ3n) is 14.7. The molecule has 8 aromatic carbocycles. The topological polar surface area (TPSA) is 261 Å². The maximum absolute atomic E-state index is 15.3. The number of rotatable bonds is 5. The summed E-state index contributed by atoms with van der Waals surface area (Å²) in [7, 11) is 0. The van der Waals surface area contributed by atoms with Gasteiger partial charge >= 0.3 is 0 Å². The van der Waals surface area contributed by atoms with Crippen molar-refractivity contribution < 1.29 is 70.8 Å². The lowest BCUT2D eigenvalue weighted by molar-refractivity contribution is -0.183. The van der Waals surface area contributed by atoms with Crippen LogP contribution < -0.4 is 9.47 Å². The molecule has 0 saturated heterocycles. The average Bonchev–Trinajstić information content (AvgIpc) is 3.84. The van der Waals surface area contributed by atoms with Crippen LogP contribution in [0.25, 0.3) is 0 Å². The zero-order valence-electron chi connectivity index (χ0n) is 36.5. The number of phenols is 10. The largest absolute Gasteiger partial charge is 0.508 e. The maximum Gasteiger partial charge on any atom is 0.135 e. The summed E-state index contributed by atoms with van der Waals surface area (Å²) in [5.74, 6) is -8.50. The lowest BCUT2D eigenvalue weighted by Gasteiger charge is -2.53. The molecule has 0 aromatic heterocycles. The molecule has 12 N–H and O–H groups in total. The first-order valence-electron chi connectivity index (χ1n) is 22.3. The molecule has 0 amide bonds. The molecule has 350 valence electrons. The van der Waals surface area contributed by atoms with E-state index in [9.17, 15) is 51.1 Å². The molecular weight excluding hydrogens is 897 g/mol. The number of hydrogen-bond donors (Lipinski definition) is 12. The summed E-state index contributed by atoms with van der Waals surface area (Å²) in [5.41, 5.74) is -4.10. The Kier molecular flexibility index (Phi) is 9.07. The normalized spacial score (nSPS) is 24.5. The summed E-state index contributed by atoms with van der Waals surface area (Å²) in [6, 6.07) is 33.9. The van der Waals surface area contributed by atoms with E-state index in [1.807, 2.05) is 0 Å². The average molecular weight is 939 g/mol. The highest BCUT2D eigenvalue weighted by Gasteiger charge is 2.68. The Morgan fingerprint density at radius 1 is 0.314 bits per heavy atom. The van der Waals surface area contributed by atoms with Crippen molar-refractivity contribution in [2.75, 3.05) is 0 Å². The first kappa shape index (κ1) is 42.6. The molecule has 0 saturated carbocycles. The molecule has 12 rings (SSSR count). The van der Waals surface area contributed by atoms with E-state index in [1.54, 1.807) is 24.3 Å². The van der Waals surface area contributed by atoms with E-state index in [2.05, 4.69) is 0 Å². The van der Waals surface area contributed by atoms with Gasteiger partial charge in [-0.3, -0.25) is 0 Å². The first-order valence-corrected chi connectivity index (χ1v) is 22.3. The van der Waals surface area contributed by atoms with E-state index >= 15 is 10.2 Å². The van der Waals surface area contributed by atoms with Gasteiger partial charge in [0.2, 0.25) is 0 Å². The highest BCUT2D eigenvalue weighted by atomic mass is 16.5. The fourth-order valence-corrected chi connectivity index (χ4v) is 12.1. The second kappa shape index (κ2) is 14.9. The molecular formula is C56H42O14. The van der Waals surface area contributed by atoms with E-state index in [0.29, 0.717) is 11.1 Å². The van der Waals surface area contributed by atoms with E-state index < -0.39 is 70.1 Å². The molecule has 8 atom stereocenters. The van der Waals surface area contributed by atoms with Gasteiger partial charge in [-0.2, -0.15) is 0 Å². The second-order valence-electron chi connectivity index (χ2n) is 18.5. The van der Waals surface area contributed by atoms with Crippen molar-refractivity contribution in [2.45, 2.75) is 47.1 Å². The van der Waals surface area contributed by atoms with Crippen LogP contribution in [0.4, 0.5) is 0 Å². The van der Waals surface area contributed by atoms with Crippen LogP contribution in [0.2, 0.25) is 0 Å². The molecule has 0 fully saturated rings. The molecule has 2 aliphatic heterocycles. The van der Waals surface area contributed by atoms with Crippen molar-refractivity contribution >= 4 is 0 Å². The van der Waals surface area contributed by atoms with E-state index in [-0.39, 0.29) is 102 Å². The van der Waals surface area contributed by atoms with Crippen LogP contribution in [0.5, 0.6) is 69.0 Å². The van der Waals surface area contributed by atoms with Crippen molar-refractivity contribution in [2.24, 2.45) is 0 Å². The quantitative estimate of drug-likeness (QED) is 0.0771. The van der Waals surface area contributed by atoms with Gasteiger partial charge in [-0.1, -0.05) is 48.5 Å². The number of aromatic hydroxyl groups is 10. The number of ether oxygens (including phenoxy) is 2. The predicted molar refractivity (Wildman–Crippen MR) is 250 cm³/mol. The van der Waals surface area contributed by atoms with Gasteiger partial charge in [0.25, 0.3) is 0 Å². The van der Waals surface area contributed by atoms with Crippen LogP contribution in [0.15, 0.2) is 146 Å². The Balaban J connectivity index is 1.30. The van der Waals surface area contributed by atoms with E-state index in [4.69, 9.17) is 9.47 Å². The van der Waals surface area contributed by atoms with Crippen LogP contribution in [0, 0.1) is 0 Å². The molecule has 0 radical (unpaired) electrons. The Morgan fingerprint density at radius 3 is 0.943 bits per heavy atom. The third kappa shape index (κ3) is 5.93. The molecule has 0 spiro atoms. The van der Waals surface area contributed by atoms with Crippen molar-refractivity contribution in [3.8, 4) is 69.0 Å². The van der Waals surface area contributed by atoms with E-state index in [0.717, 1.165) is 12.1 Å². The second-order valence-corrected chi connectivity index (χ2v) is 18.5. The standard InChI is InChI=1S/C56H42O14/c57-29-9-1-25(2-10-29)51-45-37(17-33(61)21-41(45)65)47-49-39(19-35(63)23-43(49)69-53(47)27-5-13-31(59)14-6-27)55(51,67)56(68)40-20-36(64)24-44-50(40)48(54(70-44)28-7-15-32(60)16-8-28)38-18-34(62)22-42(66)46(38)52(56)26-3-11-30(58)12-4-26/h1-24,47-48,51-54,57-68H/t47-,48-,51+,52+,53+,54+,55-,56-/m0/s1. The van der Waals surface area contributed by atoms with Crippen molar-refractivity contribution in [1.82, 2.24) is 0 Å². The van der Waals surface area contributed by atoms with Crippen LogP contribution in [-0.4, -0.2) is 61.3 Å². The lowest BCUT2D eigenvalue weighted by atomic mass is 9.56. The minimum absolute atomic E-state index is 0.0317. The molecule has 70 heavy (non-hydrogen) atoms.